The van der Waals surface area contributed by atoms with E-state index in [-0.39, 0.29) is 16.2 Å². The van der Waals surface area contributed by atoms with Crippen molar-refractivity contribution in [3.05, 3.63) is 11.9 Å². The van der Waals surface area contributed by atoms with Crippen LogP contribution >= 0.6 is 0 Å². The number of hydrogen-bond acceptors (Lipinski definition) is 4. The third-order valence-corrected chi connectivity index (χ3v) is 5.96. The molecule has 3 rings (SSSR count). The molecular weight excluding hydrogens is 274 g/mol. The van der Waals surface area contributed by atoms with Crippen LogP contribution in [0.25, 0.3) is 0 Å². The number of nitrogens with zero attached hydrogens (tertiary/aromatic N) is 3. The fraction of sp³-hybridized carbons (Fsp3) is 0.846. The van der Waals surface area contributed by atoms with Crippen LogP contribution in [0.1, 0.15) is 45.3 Å². The lowest BCUT2D eigenvalue weighted by Gasteiger charge is -2.39. The molecule has 1 fully saturated rings. The Morgan fingerprint density at radius 3 is 2.80 bits per heavy atom. The Morgan fingerprint density at radius 1 is 1.45 bits per heavy atom. The highest BCUT2D eigenvalue weighted by Crippen LogP contribution is 2.47. The van der Waals surface area contributed by atoms with Gasteiger partial charge in [-0.05, 0) is 46.7 Å². The molecule has 1 saturated heterocycles. The standard InChI is InChI=1S/C13H23N5OS/c1-12(2,3)20(19)16-11-10-8-15-17-18(10)9-13(11)4-6-14-7-5-13/h8,11,14,16H,4-7,9H2,1-3H3/t11-,20-/m1/s1. The molecule has 0 bridgehead atoms. The van der Waals surface area contributed by atoms with Crippen molar-refractivity contribution in [3.8, 4) is 0 Å². The fourth-order valence-corrected chi connectivity index (χ4v) is 4.09. The quantitative estimate of drug-likeness (QED) is 0.845. The van der Waals surface area contributed by atoms with Gasteiger partial charge in [0.1, 0.15) is 0 Å². The molecule has 0 aliphatic carbocycles. The average molecular weight is 297 g/mol. The molecule has 2 aliphatic rings. The van der Waals surface area contributed by atoms with Gasteiger partial charge < -0.3 is 5.32 Å². The van der Waals surface area contributed by atoms with E-state index in [9.17, 15) is 4.21 Å². The van der Waals surface area contributed by atoms with E-state index in [1.165, 1.54) is 0 Å². The van der Waals surface area contributed by atoms with Crippen molar-refractivity contribution in [2.75, 3.05) is 13.1 Å². The first-order valence-corrected chi connectivity index (χ1v) is 8.35. The van der Waals surface area contributed by atoms with Crippen molar-refractivity contribution in [1.82, 2.24) is 25.0 Å². The maximum absolute atomic E-state index is 12.5. The second-order valence-corrected chi connectivity index (χ2v) is 8.86. The van der Waals surface area contributed by atoms with E-state index in [1.54, 1.807) is 0 Å². The van der Waals surface area contributed by atoms with Gasteiger partial charge in [0.05, 0.1) is 40.2 Å². The Balaban J connectivity index is 1.89. The third kappa shape index (κ3) is 2.31. The van der Waals surface area contributed by atoms with Gasteiger partial charge in [0.15, 0.2) is 0 Å². The Kier molecular flexibility index (Phi) is 3.46. The van der Waals surface area contributed by atoms with E-state index in [2.05, 4.69) is 20.4 Å². The molecule has 7 heteroatoms. The predicted molar refractivity (Wildman–Crippen MR) is 78.3 cm³/mol. The van der Waals surface area contributed by atoms with Gasteiger partial charge in [0, 0.05) is 5.41 Å². The highest BCUT2D eigenvalue weighted by molar-refractivity contribution is 7.84. The highest BCUT2D eigenvalue weighted by atomic mass is 32.2. The van der Waals surface area contributed by atoms with Crippen molar-refractivity contribution in [3.63, 3.8) is 0 Å². The van der Waals surface area contributed by atoms with Gasteiger partial charge in [-0.25, -0.2) is 13.6 Å². The Bertz CT molecular complexity index is 515. The summed E-state index contributed by atoms with van der Waals surface area (Å²) in [6.07, 6.45) is 3.97. The number of fused-ring (bicyclic) bond motifs is 1. The first-order valence-electron chi connectivity index (χ1n) is 7.20. The van der Waals surface area contributed by atoms with Gasteiger partial charge in [-0.3, -0.25) is 0 Å². The zero-order chi connectivity index (χ0) is 14.4. The molecule has 6 nitrogen and oxygen atoms in total. The molecule has 2 aliphatic heterocycles. The van der Waals surface area contributed by atoms with Gasteiger partial charge in [0.2, 0.25) is 0 Å². The predicted octanol–water partition coefficient (Wildman–Crippen LogP) is 0.754. The third-order valence-electron chi connectivity index (χ3n) is 4.40. The maximum Gasteiger partial charge on any atom is 0.0976 e. The van der Waals surface area contributed by atoms with E-state index < -0.39 is 11.0 Å². The molecule has 2 atom stereocenters. The van der Waals surface area contributed by atoms with E-state index in [4.69, 9.17) is 0 Å². The summed E-state index contributed by atoms with van der Waals surface area (Å²) in [4.78, 5) is 0. The summed E-state index contributed by atoms with van der Waals surface area (Å²) < 4.78 is 17.6. The number of nitrogens with one attached hydrogen (secondary N) is 2. The number of hydrogen-bond donors (Lipinski definition) is 2. The first kappa shape index (κ1) is 14.2. The first-order chi connectivity index (χ1) is 9.42. The molecule has 0 amide bonds. The number of rotatable bonds is 2. The average Bonchev–Trinajstić information content (AvgIpc) is 2.91. The lowest BCUT2D eigenvalue weighted by molar-refractivity contribution is 0.149. The van der Waals surface area contributed by atoms with Gasteiger partial charge in [-0.15, -0.1) is 5.10 Å². The zero-order valence-corrected chi connectivity index (χ0v) is 13.2. The van der Waals surface area contributed by atoms with Gasteiger partial charge in [-0.1, -0.05) is 5.21 Å². The Labute approximate surface area is 122 Å². The lowest BCUT2D eigenvalue weighted by atomic mass is 9.74. The Hall–Kier alpha value is -0.790. The lowest BCUT2D eigenvalue weighted by Crippen LogP contribution is -2.46. The van der Waals surface area contributed by atoms with Gasteiger partial charge >= 0.3 is 0 Å². The van der Waals surface area contributed by atoms with Crippen molar-refractivity contribution in [1.29, 1.82) is 0 Å². The molecule has 0 unspecified atom stereocenters. The molecule has 0 radical (unpaired) electrons. The number of aromatic nitrogens is 3. The van der Waals surface area contributed by atoms with Crippen LogP contribution < -0.4 is 10.0 Å². The minimum absolute atomic E-state index is 0.0830. The molecule has 0 saturated carbocycles. The molecule has 3 heterocycles. The molecule has 112 valence electrons. The molecule has 20 heavy (non-hydrogen) atoms. The summed E-state index contributed by atoms with van der Waals surface area (Å²) in [6, 6.07) is 0.0830. The summed E-state index contributed by atoms with van der Waals surface area (Å²) in [7, 11) is -1.09. The van der Waals surface area contributed by atoms with Crippen LogP contribution in [0, 0.1) is 5.41 Å². The van der Waals surface area contributed by atoms with Crippen LogP contribution in [0.2, 0.25) is 0 Å². The maximum atomic E-state index is 12.5. The fourth-order valence-electron chi connectivity index (χ4n) is 3.16. The summed E-state index contributed by atoms with van der Waals surface area (Å²) in [6.45, 7) is 8.89. The van der Waals surface area contributed by atoms with Crippen molar-refractivity contribution in [2.24, 2.45) is 5.41 Å². The Morgan fingerprint density at radius 2 is 2.15 bits per heavy atom. The monoisotopic (exact) mass is 297 g/mol. The summed E-state index contributed by atoms with van der Waals surface area (Å²) in [5.41, 5.74) is 1.20. The van der Waals surface area contributed by atoms with E-state index >= 15 is 0 Å². The van der Waals surface area contributed by atoms with Crippen LogP contribution in [0.5, 0.6) is 0 Å². The summed E-state index contributed by atoms with van der Waals surface area (Å²) in [5.74, 6) is 0. The topological polar surface area (TPSA) is 71.8 Å². The van der Waals surface area contributed by atoms with Crippen molar-refractivity contribution >= 4 is 11.0 Å². The van der Waals surface area contributed by atoms with Crippen molar-refractivity contribution in [2.45, 2.75) is 50.9 Å². The summed E-state index contributed by atoms with van der Waals surface area (Å²) >= 11 is 0. The molecule has 1 spiro atoms. The summed E-state index contributed by atoms with van der Waals surface area (Å²) in [5, 5.41) is 11.6. The molecular formula is C13H23N5OS. The van der Waals surface area contributed by atoms with Gasteiger partial charge in [-0.2, -0.15) is 0 Å². The minimum Gasteiger partial charge on any atom is -0.317 e. The van der Waals surface area contributed by atoms with E-state index in [0.29, 0.717) is 0 Å². The molecule has 1 aromatic rings. The van der Waals surface area contributed by atoms with Crippen LogP contribution in [-0.4, -0.2) is 37.0 Å². The number of piperidine rings is 1. The smallest absolute Gasteiger partial charge is 0.0976 e. The van der Waals surface area contributed by atoms with E-state index in [1.807, 2.05) is 31.6 Å². The minimum atomic E-state index is -1.09. The highest BCUT2D eigenvalue weighted by Gasteiger charge is 2.49. The normalized spacial score (nSPS) is 26.6. The second kappa shape index (κ2) is 4.89. The van der Waals surface area contributed by atoms with E-state index in [0.717, 1.165) is 38.2 Å². The van der Waals surface area contributed by atoms with Crippen LogP contribution in [-0.2, 0) is 17.5 Å². The van der Waals surface area contributed by atoms with Crippen LogP contribution in [0.3, 0.4) is 0 Å². The van der Waals surface area contributed by atoms with Gasteiger partial charge in [0.25, 0.3) is 0 Å². The van der Waals surface area contributed by atoms with Crippen LogP contribution in [0.4, 0.5) is 0 Å². The molecule has 0 aromatic carbocycles. The molecule has 1 aromatic heterocycles. The van der Waals surface area contributed by atoms with Crippen LogP contribution in [0.15, 0.2) is 6.20 Å². The SMILES string of the molecule is CC(C)(C)[S@@](=O)N[C@@H]1c2cnnn2CC12CCNCC2. The zero-order valence-electron chi connectivity index (χ0n) is 12.3. The van der Waals surface area contributed by atoms with Crippen molar-refractivity contribution < 1.29 is 4.21 Å². The largest absolute Gasteiger partial charge is 0.317 e. The second-order valence-electron chi connectivity index (χ2n) is 6.86. The molecule has 2 N–H and O–H groups in total.